The summed E-state index contributed by atoms with van der Waals surface area (Å²) in [6.45, 7) is 0.512. The lowest BCUT2D eigenvalue weighted by atomic mass is 10.1. The third kappa shape index (κ3) is 5.03. The molecule has 0 bridgehead atoms. The number of halogens is 1. The van der Waals surface area contributed by atoms with Crippen molar-refractivity contribution in [2.75, 3.05) is 19.5 Å². The molecule has 1 N–H and O–H groups in total. The highest BCUT2D eigenvalue weighted by molar-refractivity contribution is 6.30. The Kier molecular flexibility index (Phi) is 6.48. The van der Waals surface area contributed by atoms with Gasteiger partial charge in [-0.1, -0.05) is 23.7 Å². The van der Waals surface area contributed by atoms with Crippen LogP contribution >= 0.6 is 11.6 Å². The topological polar surface area (TPSA) is 99.5 Å². The maximum Gasteiger partial charge on any atom is 0.337 e. The van der Waals surface area contributed by atoms with E-state index in [0.717, 1.165) is 5.56 Å². The van der Waals surface area contributed by atoms with Crippen molar-refractivity contribution in [2.45, 2.75) is 6.54 Å². The van der Waals surface area contributed by atoms with Crippen LogP contribution in [0.15, 0.2) is 54.9 Å². The Hall–Kier alpha value is -3.65. The summed E-state index contributed by atoms with van der Waals surface area (Å²) in [6.07, 6.45) is 3.25. The van der Waals surface area contributed by atoms with Crippen molar-refractivity contribution in [1.82, 2.24) is 9.78 Å². The van der Waals surface area contributed by atoms with Crippen LogP contribution in [0.5, 0.6) is 0 Å². The SMILES string of the molecule is COC(=O)c1cc(NC(=O)c2ccc(Cn3cc(Cl)cn3)cc2)cc(C(=O)OC)c1. The van der Waals surface area contributed by atoms with Crippen molar-refractivity contribution in [1.29, 1.82) is 0 Å². The molecule has 9 heteroatoms. The molecule has 0 aliphatic rings. The zero-order chi connectivity index (χ0) is 21.7. The van der Waals surface area contributed by atoms with Gasteiger partial charge in [0.25, 0.3) is 5.91 Å². The predicted octanol–water partition coefficient (Wildman–Crippen LogP) is 3.41. The van der Waals surface area contributed by atoms with Gasteiger partial charge >= 0.3 is 11.9 Å². The van der Waals surface area contributed by atoms with Gasteiger partial charge in [-0.3, -0.25) is 9.48 Å². The molecular formula is C21H18ClN3O5. The Morgan fingerprint density at radius 3 is 2.07 bits per heavy atom. The number of hydrogen-bond donors (Lipinski definition) is 1. The van der Waals surface area contributed by atoms with E-state index in [-0.39, 0.29) is 16.8 Å². The lowest BCUT2D eigenvalue weighted by Gasteiger charge is -2.10. The maximum absolute atomic E-state index is 12.6. The molecule has 1 amide bonds. The van der Waals surface area contributed by atoms with Gasteiger partial charge in [-0.15, -0.1) is 0 Å². The number of rotatable bonds is 6. The van der Waals surface area contributed by atoms with E-state index in [9.17, 15) is 14.4 Å². The number of anilines is 1. The van der Waals surface area contributed by atoms with Gasteiger partial charge in [-0.25, -0.2) is 9.59 Å². The molecular weight excluding hydrogens is 410 g/mol. The minimum atomic E-state index is -0.640. The van der Waals surface area contributed by atoms with Crippen LogP contribution in [0.2, 0.25) is 5.02 Å². The highest BCUT2D eigenvalue weighted by Crippen LogP contribution is 2.18. The summed E-state index contributed by atoms with van der Waals surface area (Å²) in [5.41, 5.74) is 1.83. The van der Waals surface area contributed by atoms with Crippen LogP contribution in [0, 0.1) is 0 Å². The smallest absolute Gasteiger partial charge is 0.337 e. The molecule has 3 aromatic rings. The number of carbonyl (C=O) groups is 3. The number of benzene rings is 2. The lowest BCUT2D eigenvalue weighted by Crippen LogP contribution is -2.14. The fourth-order valence-corrected chi connectivity index (χ4v) is 2.90. The monoisotopic (exact) mass is 427 g/mol. The van der Waals surface area contributed by atoms with Gasteiger partial charge in [0.1, 0.15) is 0 Å². The minimum Gasteiger partial charge on any atom is -0.465 e. The summed E-state index contributed by atoms with van der Waals surface area (Å²) in [4.78, 5) is 36.4. The van der Waals surface area contributed by atoms with Crippen molar-refractivity contribution < 1.29 is 23.9 Å². The van der Waals surface area contributed by atoms with Crippen LogP contribution in [-0.2, 0) is 16.0 Å². The van der Waals surface area contributed by atoms with E-state index in [0.29, 0.717) is 17.1 Å². The lowest BCUT2D eigenvalue weighted by molar-refractivity contribution is 0.0599. The molecule has 0 radical (unpaired) electrons. The molecule has 3 rings (SSSR count). The molecule has 1 heterocycles. The van der Waals surface area contributed by atoms with Crippen molar-refractivity contribution in [3.05, 3.63) is 82.1 Å². The molecule has 2 aromatic carbocycles. The Balaban J connectivity index is 1.77. The average molecular weight is 428 g/mol. The Morgan fingerprint density at radius 1 is 0.967 bits per heavy atom. The van der Waals surface area contributed by atoms with Crippen LogP contribution in [0.3, 0.4) is 0 Å². The molecule has 0 fully saturated rings. The van der Waals surface area contributed by atoms with E-state index in [1.54, 1.807) is 41.3 Å². The molecule has 1 aromatic heterocycles. The highest BCUT2D eigenvalue weighted by atomic mass is 35.5. The number of esters is 2. The summed E-state index contributed by atoms with van der Waals surface area (Å²) in [7, 11) is 2.45. The standard InChI is InChI=1S/C21H18ClN3O5/c1-29-20(27)15-7-16(21(28)30-2)9-18(8-15)24-19(26)14-5-3-13(4-6-14)11-25-12-17(22)10-23-25/h3-10,12H,11H2,1-2H3,(H,24,26). The first kappa shape index (κ1) is 21.1. The number of nitrogens with one attached hydrogen (secondary N) is 1. The summed E-state index contributed by atoms with van der Waals surface area (Å²) in [5, 5.41) is 7.34. The Morgan fingerprint density at radius 2 is 1.57 bits per heavy atom. The van der Waals surface area contributed by atoms with Crippen molar-refractivity contribution >= 4 is 35.1 Å². The molecule has 0 saturated heterocycles. The van der Waals surface area contributed by atoms with Crippen LogP contribution in [0.25, 0.3) is 0 Å². The van der Waals surface area contributed by atoms with E-state index < -0.39 is 17.8 Å². The third-order valence-corrected chi connectivity index (χ3v) is 4.39. The number of aromatic nitrogens is 2. The number of amides is 1. The Labute approximate surface area is 177 Å². The van der Waals surface area contributed by atoms with Gasteiger partial charge in [-0.2, -0.15) is 5.10 Å². The van der Waals surface area contributed by atoms with E-state index in [4.69, 9.17) is 21.1 Å². The van der Waals surface area contributed by atoms with Crippen LogP contribution in [0.1, 0.15) is 36.6 Å². The van der Waals surface area contributed by atoms with E-state index in [1.807, 2.05) is 0 Å². The molecule has 0 spiro atoms. The fraction of sp³-hybridized carbons (Fsp3) is 0.143. The first-order valence-electron chi connectivity index (χ1n) is 8.79. The van der Waals surface area contributed by atoms with Gasteiger partial charge in [0.05, 0.1) is 43.1 Å². The summed E-state index contributed by atoms with van der Waals surface area (Å²) in [6, 6.07) is 11.1. The molecule has 154 valence electrons. The molecule has 0 aliphatic heterocycles. The number of carbonyl (C=O) groups excluding carboxylic acids is 3. The van der Waals surface area contributed by atoms with Crippen LogP contribution in [-0.4, -0.2) is 41.8 Å². The van der Waals surface area contributed by atoms with Gasteiger partial charge in [0.2, 0.25) is 0 Å². The van der Waals surface area contributed by atoms with E-state index in [2.05, 4.69) is 10.4 Å². The first-order valence-corrected chi connectivity index (χ1v) is 9.17. The molecule has 8 nitrogen and oxygen atoms in total. The summed E-state index contributed by atoms with van der Waals surface area (Å²) in [5.74, 6) is -1.68. The molecule has 0 atom stereocenters. The normalized spacial score (nSPS) is 10.4. The number of ether oxygens (including phenoxy) is 2. The maximum atomic E-state index is 12.6. The first-order chi connectivity index (χ1) is 14.4. The predicted molar refractivity (Wildman–Crippen MR) is 110 cm³/mol. The van der Waals surface area contributed by atoms with Gasteiger partial charge < -0.3 is 14.8 Å². The number of methoxy groups -OCH3 is 2. The summed E-state index contributed by atoms with van der Waals surface area (Å²) < 4.78 is 11.1. The molecule has 30 heavy (non-hydrogen) atoms. The molecule has 0 aliphatic carbocycles. The van der Waals surface area contributed by atoms with E-state index in [1.165, 1.54) is 32.4 Å². The van der Waals surface area contributed by atoms with Gasteiger partial charge in [0.15, 0.2) is 0 Å². The van der Waals surface area contributed by atoms with E-state index >= 15 is 0 Å². The number of nitrogens with zero attached hydrogens (tertiary/aromatic N) is 2. The zero-order valence-electron chi connectivity index (χ0n) is 16.2. The van der Waals surface area contributed by atoms with Crippen LogP contribution in [0.4, 0.5) is 5.69 Å². The second-order valence-electron chi connectivity index (χ2n) is 6.29. The molecule has 0 unspecified atom stereocenters. The largest absolute Gasteiger partial charge is 0.465 e. The van der Waals surface area contributed by atoms with Gasteiger partial charge in [-0.05, 0) is 35.9 Å². The summed E-state index contributed by atoms with van der Waals surface area (Å²) >= 11 is 5.86. The zero-order valence-corrected chi connectivity index (χ0v) is 17.0. The quantitative estimate of drug-likeness (QED) is 0.605. The number of hydrogen-bond acceptors (Lipinski definition) is 6. The molecule has 0 saturated carbocycles. The van der Waals surface area contributed by atoms with Crippen molar-refractivity contribution in [3.8, 4) is 0 Å². The van der Waals surface area contributed by atoms with Gasteiger partial charge in [0, 0.05) is 17.4 Å². The fourth-order valence-electron chi connectivity index (χ4n) is 2.75. The Bertz CT molecular complexity index is 1060. The van der Waals surface area contributed by atoms with Crippen LogP contribution < -0.4 is 5.32 Å². The third-order valence-electron chi connectivity index (χ3n) is 4.20. The van der Waals surface area contributed by atoms with Crippen molar-refractivity contribution in [2.24, 2.45) is 0 Å². The minimum absolute atomic E-state index is 0.115. The second kappa shape index (κ2) is 9.23. The highest BCUT2D eigenvalue weighted by Gasteiger charge is 2.15. The van der Waals surface area contributed by atoms with Crippen molar-refractivity contribution in [3.63, 3.8) is 0 Å². The average Bonchev–Trinajstić information content (AvgIpc) is 3.17. The second-order valence-corrected chi connectivity index (χ2v) is 6.73.